The van der Waals surface area contributed by atoms with Gasteiger partial charge in [-0.3, -0.25) is 4.79 Å². The van der Waals surface area contributed by atoms with Crippen LogP contribution in [-0.4, -0.2) is 5.91 Å². The molecule has 1 N–H and O–H groups in total. The van der Waals surface area contributed by atoms with Crippen molar-refractivity contribution >= 4 is 33.4 Å². The maximum absolute atomic E-state index is 12.4. The number of carbonyl (C=O) groups excluding carboxylic acids is 1. The molecule has 0 bridgehead atoms. The summed E-state index contributed by atoms with van der Waals surface area (Å²) in [6, 6.07) is 0.996. The van der Waals surface area contributed by atoms with E-state index in [9.17, 15) is 24.2 Å². The number of nitrogens with one attached hydrogen (secondary N) is 1. The molecule has 0 fully saturated rings. The molecule has 1 amide bonds. The van der Waals surface area contributed by atoms with Gasteiger partial charge in [0.2, 0.25) is 5.91 Å². The Bertz CT molecular complexity index is 501. The lowest BCUT2D eigenvalue weighted by atomic mass is 10.3. The Labute approximate surface area is 105 Å². The van der Waals surface area contributed by atoms with E-state index >= 15 is 0 Å². The van der Waals surface area contributed by atoms with Gasteiger partial charge in [0, 0.05) is 6.42 Å². The van der Waals surface area contributed by atoms with Crippen LogP contribution in [0.15, 0.2) is 23.1 Å². The van der Waals surface area contributed by atoms with E-state index in [4.69, 9.17) is 11.6 Å². The summed E-state index contributed by atoms with van der Waals surface area (Å²) in [5.74, 6) is -0.489. The molecule has 1 rings (SSSR count). The Morgan fingerprint density at radius 3 is 2.22 bits per heavy atom. The first-order valence-corrected chi connectivity index (χ1v) is 7.00. The van der Waals surface area contributed by atoms with Gasteiger partial charge in [0.1, 0.15) is 4.90 Å². The van der Waals surface area contributed by atoms with Crippen molar-refractivity contribution in [1.29, 1.82) is 0 Å². The summed E-state index contributed by atoms with van der Waals surface area (Å²) in [4.78, 5) is 8.92. The zero-order valence-electron chi connectivity index (χ0n) is 9.02. The summed E-state index contributed by atoms with van der Waals surface area (Å²) in [5, 5.41) is 1.60. The first kappa shape index (κ1) is 15.0. The highest BCUT2D eigenvalue weighted by atomic mass is 35.5. The van der Waals surface area contributed by atoms with Crippen LogP contribution < -0.4 is 5.32 Å². The highest BCUT2D eigenvalue weighted by molar-refractivity contribution is 8.45. The molecule has 18 heavy (non-hydrogen) atoms. The maximum atomic E-state index is 12.4. The van der Waals surface area contributed by atoms with E-state index in [-0.39, 0.29) is 24.2 Å². The van der Waals surface area contributed by atoms with Crippen molar-refractivity contribution in [2.24, 2.45) is 0 Å². The Kier molecular flexibility index (Phi) is 3.12. The van der Waals surface area contributed by atoms with Crippen molar-refractivity contribution in [3.63, 3.8) is 0 Å². The van der Waals surface area contributed by atoms with Crippen molar-refractivity contribution in [3.8, 4) is 0 Å². The first-order valence-electron chi connectivity index (χ1n) is 4.67. The van der Waals surface area contributed by atoms with Gasteiger partial charge >= 0.3 is 10.2 Å². The molecule has 0 saturated carbocycles. The van der Waals surface area contributed by atoms with Gasteiger partial charge in [-0.1, -0.05) is 38.0 Å². The second-order valence-electron chi connectivity index (χ2n) is 3.51. The first-order chi connectivity index (χ1) is 7.83. The van der Waals surface area contributed by atoms with E-state index in [0.29, 0.717) is 6.07 Å². The molecule has 0 spiro atoms. The van der Waals surface area contributed by atoms with Crippen LogP contribution in [0.2, 0.25) is 5.02 Å². The van der Waals surface area contributed by atoms with Gasteiger partial charge in [0.25, 0.3) is 0 Å². The molecular formula is C9H9ClF5NOS. The highest BCUT2D eigenvalue weighted by Crippen LogP contribution is 3.02. The SMILES string of the molecule is CCC(=O)Nc1ccc(S(F)(F)(F)(F)F)cc1Cl. The van der Waals surface area contributed by atoms with Crippen LogP contribution >= 0.6 is 21.8 Å². The van der Waals surface area contributed by atoms with Crippen molar-refractivity contribution in [2.45, 2.75) is 18.2 Å². The monoisotopic (exact) mass is 309 g/mol. The average molecular weight is 310 g/mol. The molecule has 9 heteroatoms. The van der Waals surface area contributed by atoms with E-state index in [0.717, 1.165) is 0 Å². The Morgan fingerprint density at radius 2 is 1.83 bits per heavy atom. The molecule has 2 nitrogen and oxygen atoms in total. The van der Waals surface area contributed by atoms with Gasteiger partial charge in [0.15, 0.2) is 0 Å². The standard InChI is InChI=1S/C9H9ClF5NOS/c1-2-9(17)16-8-4-3-6(5-7(8)10)18(11,12,13,14)15/h3-5H,2H2,1H3,(H,16,17). The smallest absolute Gasteiger partial charge is 0.310 e. The predicted molar refractivity (Wildman–Crippen MR) is 61.8 cm³/mol. The number of benzene rings is 1. The maximum Gasteiger partial charge on any atom is 0.310 e. The molecule has 0 aromatic heterocycles. The molecule has 0 aliphatic heterocycles. The number of hydrogen-bond donors (Lipinski definition) is 1. The molecule has 0 aliphatic carbocycles. The lowest BCUT2D eigenvalue weighted by molar-refractivity contribution is -0.115. The van der Waals surface area contributed by atoms with Crippen molar-refractivity contribution in [3.05, 3.63) is 23.2 Å². The fraction of sp³-hybridized carbons (Fsp3) is 0.222. The van der Waals surface area contributed by atoms with Crippen LogP contribution in [0.3, 0.4) is 0 Å². The van der Waals surface area contributed by atoms with E-state index < -0.39 is 26.0 Å². The van der Waals surface area contributed by atoms with Crippen LogP contribution in [-0.2, 0) is 4.79 Å². The quantitative estimate of drug-likeness (QED) is 0.750. The number of hydrogen-bond acceptors (Lipinski definition) is 1. The fourth-order valence-electron chi connectivity index (χ4n) is 1.08. The third-order valence-corrected chi connectivity index (χ3v) is 3.44. The zero-order valence-corrected chi connectivity index (χ0v) is 10.6. The Morgan fingerprint density at radius 1 is 1.28 bits per heavy atom. The molecule has 1 aromatic rings. The van der Waals surface area contributed by atoms with Crippen LogP contribution in [0, 0.1) is 0 Å². The topological polar surface area (TPSA) is 29.1 Å². The number of halogens is 6. The predicted octanol–water partition coefficient (Wildman–Crippen LogP) is 5.35. The van der Waals surface area contributed by atoms with E-state index in [1.54, 1.807) is 0 Å². The number of amides is 1. The summed E-state index contributed by atoms with van der Waals surface area (Å²) in [7, 11) is -9.74. The van der Waals surface area contributed by atoms with Gasteiger partial charge < -0.3 is 5.32 Å². The molecule has 104 valence electrons. The average Bonchev–Trinajstić information content (AvgIpc) is 2.17. The third-order valence-electron chi connectivity index (χ3n) is 1.98. The zero-order chi connectivity index (χ0) is 14.3. The molecule has 0 atom stereocenters. The van der Waals surface area contributed by atoms with E-state index in [1.165, 1.54) is 6.92 Å². The van der Waals surface area contributed by atoms with Gasteiger partial charge in [-0.15, -0.1) is 0 Å². The van der Waals surface area contributed by atoms with Crippen LogP contribution in [0.25, 0.3) is 0 Å². The normalized spacial score (nSPS) is 15.7. The van der Waals surface area contributed by atoms with Gasteiger partial charge in [-0.25, -0.2) is 0 Å². The summed E-state index contributed by atoms with van der Waals surface area (Å²) in [5.41, 5.74) is -0.144. The molecule has 0 unspecified atom stereocenters. The summed E-state index contributed by atoms with van der Waals surface area (Å²) in [6.07, 6.45) is 0.0830. The van der Waals surface area contributed by atoms with Gasteiger partial charge in [-0.05, 0) is 18.2 Å². The van der Waals surface area contributed by atoms with E-state index in [1.807, 2.05) is 0 Å². The molecule has 0 radical (unpaired) electrons. The second-order valence-corrected chi connectivity index (χ2v) is 6.33. The molecular weight excluding hydrogens is 301 g/mol. The number of carbonyl (C=O) groups is 1. The van der Waals surface area contributed by atoms with Crippen LogP contribution in [0.4, 0.5) is 25.1 Å². The summed E-state index contributed by atoms with van der Waals surface area (Å²) >= 11 is 5.43. The minimum atomic E-state index is -9.74. The summed E-state index contributed by atoms with van der Waals surface area (Å²) < 4.78 is 62.2. The lowest BCUT2D eigenvalue weighted by Crippen LogP contribution is -2.11. The lowest BCUT2D eigenvalue weighted by Gasteiger charge is -2.40. The Balaban J connectivity index is 3.20. The van der Waals surface area contributed by atoms with Crippen LogP contribution in [0.5, 0.6) is 0 Å². The Hall–Kier alpha value is -1.02. The minimum absolute atomic E-state index is 0.0830. The molecule has 1 aromatic carbocycles. The van der Waals surface area contributed by atoms with Gasteiger partial charge in [0.05, 0.1) is 10.7 Å². The molecule has 0 aliphatic rings. The van der Waals surface area contributed by atoms with Gasteiger partial charge in [-0.2, -0.15) is 0 Å². The fourth-order valence-corrected chi connectivity index (χ4v) is 2.03. The third kappa shape index (κ3) is 3.74. The van der Waals surface area contributed by atoms with E-state index in [2.05, 4.69) is 5.32 Å². The number of rotatable bonds is 3. The summed E-state index contributed by atoms with van der Waals surface area (Å²) in [6.45, 7) is 1.52. The van der Waals surface area contributed by atoms with Crippen molar-refractivity contribution in [2.75, 3.05) is 5.32 Å². The second kappa shape index (κ2) is 3.74. The van der Waals surface area contributed by atoms with Crippen LogP contribution in [0.1, 0.15) is 13.3 Å². The molecule has 0 heterocycles. The number of anilines is 1. The highest BCUT2D eigenvalue weighted by Gasteiger charge is 2.65. The van der Waals surface area contributed by atoms with Crippen molar-refractivity contribution < 1.29 is 24.2 Å². The minimum Gasteiger partial charge on any atom is -0.325 e. The molecule has 0 saturated heterocycles. The largest absolute Gasteiger partial charge is 0.325 e. The van der Waals surface area contributed by atoms with Crippen molar-refractivity contribution in [1.82, 2.24) is 0 Å².